The van der Waals surface area contributed by atoms with Crippen LogP contribution >= 0.6 is 0 Å². The van der Waals surface area contributed by atoms with Crippen molar-refractivity contribution in [3.63, 3.8) is 0 Å². The molecule has 3 rings (SSSR count). The SMILES string of the molecule is CCN1CCN(Cc2ccc(NC(=O)c3ccc(N(C)C)cc3)cc2)CC1. The lowest BCUT2D eigenvalue weighted by Crippen LogP contribution is -2.45. The number of nitrogens with one attached hydrogen (secondary N) is 1. The van der Waals surface area contributed by atoms with E-state index < -0.39 is 0 Å². The topological polar surface area (TPSA) is 38.8 Å². The molecule has 0 spiro atoms. The van der Waals surface area contributed by atoms with Crippen molar-refractivity contribution in [1.29, 1.82) is 0 Å². The molecule has 0 aromatic heterocycles. The Morgan fingerprint density at radius 3 is 2.07 bits per heavy atom. The van der Waals surface area contributed by atoms with Crippen LogP contribution < -0.4 is 10.2 Å². The van der Waals surface area contributed by atoms with Crippen molar-refractivity contribution in [1.82, 2.24) is 9.80 Å². The summed E-state index contributed by atoms with van der Waals surface area (Å²) >= 11 is 0. The van der Waals surface area contributed by atoms with Crippen molar-refractivity contribution < 1.29 is 4.79 Å². The Morgan fingerprint density at radius 2 is 1.52 bits per heavy atom. The number of rotatable bonds is 6. The van der Waals surface area contributed by atoms with Gasteiger partial charge in [-0.15, -0.1) is 0 Å². The van der Waals surface area contributed by atoms with Crippen molar-refractivity contribution in [3.05, 3.63) is 59.7 Å². The van der Waals surface area contributed by atoms with Crippen LogP contribution in [0.15, 0.2) is 48.5 Å². The number of likely N-dealkylation sites (N-methyl/N-ethyl adjacent to an activating group) is 1. The van der Waals surface area contributed by atoms with Gasteiger partial charge < -0.3 is 15.1 Å². The zero-order valence-corrected chi connectivity index (χ0v) is 16.6. The van der Waals surface area contributed by atoms with Gasteiger partial charge in [-0.25, -0.2) is 0 Å². The average molecular weight is 367 g/mol. The van der Waals surface area contributed by atoms with Gasteiger partial charge in [0.15, 0.2) is 0 Å². The summed E-state index contributed by atoms with van der Waals surface area (Å²) in [6.45, 7) is 8.87. The Labute approximate surface area is 162 Å². The van der Waals surface area contributed by atoms with Crippen molar-refractivity contribution in [2.45, 2.75) is 13.5 Å². The fraction of sp³-hybridized carbons (Fsp3) is 0.409. The van der Waals surface area contributed by atoms with Crippen LogP contribution in [-0.2, 0) is 6.54 Å². The van der Waals surface area contributed by atoms with Crippen LogP contribution in [0.1, 0.15) is 22.8 Å². The van der Waals surface area contributed by atoms with Gasteiger partial charge in [0.2, 0.25) is 0 Å². The molecule has 1 aliphatic heterocycles. The molecule has 0 bridgehead atoms. The zero-order valence-electron chi connectivity index (χ0n) is 16.6. The summed E-state index contributed by atoms with van der Waals surface area (Å²) in [5, 5.41) is 2.98. The number of nitrogens with zero attached hydrogens (tertiary/aromatic N) is 3. The van der Waals surface area contributed by atoms with E-state index >= 15 is 0 Å². The molecule has 144 valence electrons. The van der Waals surface area contributed by atoms with Crippen LogP contribution in [-0.4, -0.2) is 62.5 Å². The van der Waals surface area contributed by atoms with E-state index in [1.165, 1.54) is 5.56 Å². The summed E-state index contributed by atoms with van der Waals surface area (Å²) in [7, 11) is 3.97. The van der Waals surface area contributed by atoms with Crippen LogP contribution in [0.25, 0.3) is 0 Å². The van der Waals surface area contributed by atoms with Gasteiger partial charge in [-0.1, -0.05) is 19.1 Å². The zero-order chi connectivity index (χ0) is 19.2. The first-order valence-corrected chi connectivity index (χ1v) is 9.67. The van der Waals surface area contributed by atoms with Crippen LogP contribution in [0.3, 0.4) is 0 Å². The van der Waals surface area contributed by atoms with Gasteiger partial charge in [-0.3, -0.25) is 9.69 Å². The number of carbonyl (C=O) groups excluding carboxylic acids is 1. The van der Waals surface area contributed by atoms with Crippen LogP contribution in [0.5, 0.6) is 0 Å². The largest absolute Gasteiger partial charge is 0.378 e. The Kier molecular flexibility index (Phi) is 6.48. The molecule has 1 saturated heterocycles. The molecule has 2 aromatic carbocycles. The first-order chi connectivity index (χ1) is 13.0. The Hall–Kier alpha value is -2.37. The highest BCUT2D eigenvalue weighted by atomic mass is 16.1. The number of benzene rings is 2. The first kappa shape index (κ1) is 19.4. The normalized spacial score (nSPS) is 15.5. The van der Waals surface area contributed by atoms with E-state index in [4.69, 9.17) is 0 Å². The minimum atomic E-state index is -0.0799. The van der Waals surface area contributed by atoms with Gasteiger partial charge in [-0.2, -0.15) is 0 Å². The third-order valence-corrected chi connectivity index (χ3v) is 5.18. The van der Waals surface area contributed by atoms with Crippen molar-refractivity contribution in [2.24, 2.45) is 0 Å². The van der Waals surface area contributed by atoms with Crippen molar-refractivity contribution >= 4 is 17.3 Å². The number of hydrogen-bond acceptors (Lipinski definition) is 4. The molecule has 0 saturated carbocycles. The lowest BCUT2D eigenvalue weighted by molar-refractivity contribution is 0.102. The molecule has 1 fully saturated rings. The molecule has 1 aliphatic rings. The molecule has 0 atom stereocenters. The van der Waals surface area contributed by atoms with Gasteiger partial charge in [0.05, 0.1) is 0 Å². The standard InChI is InChI=1S/C22H30N4O/c1-4-25-13-15-26(16-14-25)17-18-5-9-20(10-6-18)23-22(27)19-7-11-21(12-8-19)24(2)3/h5-12H,4,13-17H2,1-3H3,(H,23,27). The maximum atomic E-state index is 12.4. The van der Waals surface area contributed by atoms with E-state index in [1.807, 2.05) is 55.4 Å². The molecule has 1 N–H and O–H groups in total. The van der Waals surface area contributed by atoms with Crippen molar-refractivity contribution in [2.75, 3.05) is 57.0 Å². The van der Waals surface area contributed by atoms with Crippen LogP contribution in [0.2, 0.25) is 0 Å². The van der Waals surface area contributed by atoms with Gasteiger partial charge in [0.1, 0.15) is 0 Å². The lowest BCUT2D eigenvalue weighted by atomic mass is 10.1. The van der Waals surface area contributed by atoms with Gasteiger partial charge in [-0.05, 0) is 48.5 Å². The van der Waals surface area contributed by atoms with Gasteiger partial charge >= 0.3 is 0 Å². The van der Waals surface area contributed by atoms with E-state index in [0.717, 1.165) is 50.6 Å². The van der Waals surface area contributed by atoms with E-state index in [1.54, 1.807) is 0 Å². The second-order valence-corrected chi connectivity index (χ2v) is 7.30. The molecular weight excluding hydrogens is 336 g/mol. The lowest BCUT2D eigenvalue weighted by Gasteiger charge is -2.34. The molecule has 2 aromatic rings. The predicted octanol–water partition coefficient (Wildman–Crippen LogP) is 3.14. The number of piperazine rings is 1. The summed E-state index contributed by atoms with van der Waals surface area (Å²) in [5.41, 5.74) is 3.86. The predicted molar refractivity (Wildman–Crippen MR) is 113 cm³/mol. The molecule has 0 aliphatic carbocycles. The Balaban J connectivity index is 1.53. The summed E-state index contributed by atoms with van der Waals surface area (Å²) in [4.78, 5) is 19.4. The monoisotopic (exact) mass is 366 g/mol. The summed E-state index contributed by atoms with van der Waals surface area (Å²) in [6, 6.07) is 15.8. The first-order valence-electron chi connectivity index (χ1n) is 9.67. The Bertz CT molecular complexity index is 732. The molecule has 5 nitrogen and oxygen atoms in total. The minimum absolute atomic E-state index is 0.0799. The quantitative estimate of drug-likeness (QED) is 0.852. The summed E-state index contributed by atoms with van der Waals surface area (Å²) in [5.74, 6) is -0.0799. The summed E-state index contributed by atoms with van der Waals surface area (Å²) < 4.78 is 0. The van der Waals surface area contributed by atoms with E-state index in [0.29, 0.717) is 5.56 Å². The minimum Gasteiger partial charge on any atom is -0.378 e. The smallest absolute Gasteiger partial charge is 0.255 e. The van der Waals surface area contributed by atoms with E-state index in [9.17, 15) is 4.79 Å². The van der Waals surface area contributed by atoms with E-state index in [2.05, 4.69) is 34.2 Å². The third kappa shape index (κ3) is 5.31. The molecule has 5 heteroatoms. The molecule has 1 amide bonds. The number of anilines is 2. The molecule has 0 unspecified atom stereocenters. The van der Waals surface area contributed by atoms with Gasteiger partial charge in [0, 0.05) is 63.8 Å². The second kappa shape index (κ2) is 9.02. The number of hydrogen-bond donors (Lipinski definition) is 1. The van der Waals surface area contributed by atoms with Gasteiger partial charge in [0.25, 0.3) is 5.91 Å². The molecule has 0 radical (unpaired) electrons. The summed E-state index contributed by atoms with van der Waals surface area (Å²) in [6.07, 6.45) is 0. The fourth-order valence-electron chi connectivity index (χ4n) is 3.33. The Morgan fingerprint density at radius 1 is 0.926 bits per heavy atom. The highest BCUT2D eigenvalue weighted by Gasteiger charge is 2.15. The maximum absolute atomic E-state index is 12.4. The molecule has 1 heterocycles. The van der Waals surface area contributed by atoms with Crippen LogP contribution in [0, 0.1) is 0 Å². The third-order valence-electron chi connectivity index (χ3n) is 5.18. The number of amides is 1. The molecular formula is C22H30N4O. The highest BCUT2D eigenvalue weighted by molar-refractivity contribution is 6.04. The molecule has 27 heavy (non-hydrogen) atoms. The fourth-order valence-corrected chi connectivity index (χ4v) is 3.33. The number of carbonyl (C=O) groups is 1. The van der Waals surface area contributed by atoms with E-state index in [-0.39, 0.29) is 5.91 Å². The average Bonchev–Trinajstić information content (AvgIpc) is 2.70. The highest BCUT2D eigenvalue weighted by Crippen LogP contribution is 2.16. The second-order valence-electron chi connectivity index (χ2n) is 7.30. The van der Waals surface area contributed by atoms with Crippen LogP contribution in [0.4, 0.5) is 11.4 Å². The maximum Gasteiger partial charge on any atom is 0.255 e. The van der Waals surface area contributed by atoms with Crippen molar-refractivity contribution in [3.8, 4) is 0 Å².